The average molecular weight is 401 g/mol. The molecule has 0 bridgehead atoms. The summed E-state index contributed by atoms with van der Waals surface area (Å²) in [6, 6.07) is 4.11. The molecule has 2 heterocycles. The zero-order valence-electron chi connectivity index (χ0n) is 15.1. The fraction of sp³-hybridized carbons (Fsp3) is 0.556. The van der Waals surface area contributed by atoms with Crippen LogP contribution in [0, 0.1) is 0 Å². The van der Waals surface area contributed by atoms with Crippen molar-refractivity contribution in [3.05, 3.63) is 35.4 Å². The lowest BCUT2D eigenvalue weighted by molar-refractivity contribution is -0.137. The van der Waals surface area contributed by atoms with E-state index in [0.29, 0.717) is 44.8 Å². The van der Waals surface area contributed by atoms with Crippen molar-refractivity contribution in [1.82, 2.24) is 15.1 Å². The maximum Gasteiger partial charge on any atom is 0.416 e. The summed E-state index contributed by atoms with van der Waals surface area (Å²) in [7, 11) is 0. The highest BCUT2D eigenvalue weighted by Crippen LogP contribution is 2.32. The predicted molar refractivity (Wildman–Crippen MR) is 93.1 cm³/mol. The molecular weight excluding hydrogens is 379 g/mol. The van der Waals surface area contributed by atoms with Gasteiger partial charge >= 0.3 is 18.3 Å². The Morgan fingerprint density at radius 1 is 1.07 bits per heavy atom. The molecule has 1 aromatic rings. The van der Waals surface area contributed by atoms with E-state index in [9.17, 15) is 22.8 Å². The first kappa shape index (κ1) is 20.2. The molecule has 154 valence electrons. The highest BCUT2D eigenvalue weighted by atomic mass is 19.4. The van der Waals surface area contributed by atoms with Crippen LogP contribution in [0.15, 0.2) is 24.3 Å². The van der Waals surface area contributed by atoms with Crippen molar-refractivity contribution in [3.8, 4) is 0 Å². The number of alkyl halides is 3. The zero-order chi connectivity index (χ0) is 20.3. The van der Waals surface area contributed by atoms with E-state index in [0.717, 1.165) is 12.1 Å². The summed E-state index contributed by atoms with van der Waals surface area (Å²) in [5.74, 6) is -0.266. The molecule has 0 aromatic heterocycles. The molecule has 2 saturated heterocycles. The van der Waals surface area contributed by atoms with Gasteiger partial charge in [-0.15, -0.1) is 0 Å². The lowest BCUT2D eigenvalue weighted by atomic mass is 9.87. The fourth-order valence-electron chi connectivity index (χ4n) is 3.67. The Balaban J connectivity index is 1.77. The third kappa shape index (κ3) is 4.86. The van der Waals surface area contributed by atoms with Gasteiger partial charge in [-0.1, -0.05) is 12.1 Å². The van der Waals surface area contributed by atoms with Gasteiger partial charge in [0.05, 0.1) is 24.8 Å². The van der Waals surface area contributed by atoms with Crippen molar-refractivity contribution in [2.75, 3.05) is 39.4 Å². The van der Waals surface area contributed by atoms with Gasteiger partial charge in [0.1, 0.15) is 0 Å². The lowest BCUT2D eigenvalue weighted by Crippen LogP contribution is -2.56. The first-order valence-corrected chi connectivity index (χ1v) is 9.02. The molecule has 2 fully saturated rings. The normalized spacial score (nSPS) is 23.4. The molecule has 2 atom stereocenters. The number of carboxylic acid groups (broad SMARTS) is 1. The third-order valence-corrected chi connectivity index (χ3v) is 5.04. The maximum absolute atomic E-state index is 12.8. The van der Waals surface area contributed by atoms with Crippen molar-refractivity contribution in [1.29, 1.82) is 0 Å². The number of carbonyl (C=O) groups is 2. The monoisotopic (exact) mass is 401 g/mol. The van der Waals surface area contributed by atoms with Gasteiger partial charge in [-0.25, -0.2) is 9.59 Å². The van der Waals surface area contributed by atoms with Gasteiger partial charge in [-0.2, -0.15) is 13.2 Å². The van der Waals surface area contributed by atoms with Crippen LogP contribution in [0.5, 0.6) is 0 Å². The summed E-state index contributed by atoms with van der Waals surface area (Å²) in [5.41, 5.74) is -0.0989. The number of nitrogens with zero attached hydrogens (tertiary/aromatic N) is 2. The molecule has 7 nitrogen and oxygen atoms in total. The largest absolute Gasteiger partial charge is 0.465 e. The third-order valence-electron chi connectivity index (χ3n) is 5.04. The van der Waals surface area contributed by atoms with Crippen molar-refractivity contribution >= 4 is 12.1 Å². The standard InChI is InChI=1S/C18H22F3N3O4/c19-18(20,21)14-3-1-12(2-4-14)13-9-15(22-16(25)26)11-24(10-13)17(27)23-5-7-28-8-6-23/h1-4,13,15,22H,5-11H2,(H,25,26). The van der Waals surface area contributed by atoms with Gasteiger partial charge in [0.2, 0.25) is 0 Å². The first-order chi connectivity index (χ1) is 13.2. The summed E-state index contributed by atoms with van der Waals surface area (Å²) in [4.78, 5) is 27.1. The second kappa shape index (κ2) is 8.26. The van der Waals surface area contributed by atoms with E-state index < -0.39 is 23.9 Å². The van der Waals surface area contributed by atoms with Gasteiger partial charge in [-0.3, -0.25) is 0 Å². The summed E-state index contributed by atoms with van der Waals surface area (Å²) in [6.45, 7) is 2.34. The van der Waals surface area contributed by atoms with E-state index in [1.165, 1.54) is 12.1 Å². The minimum Gasteiger partial charge on any atom is -0.465 e. The Morgan fingerprint density at radius 3 is 2.29 bits per heavy atom. The summed E-state index contributed by atoms with van der Waals surface area (Å²) in [5, 5.41) is 11.5. The highest BCUT2D eigenvalue weighted by Gasteiger charge is 2.35. The van der Waals surface area contributed by atoms with Gasteiger partial charge in [0, 0.05) is 32.1 Å². The molecule has 3 amide bonds. The SMILES string of the molecule is O=C(O)NC1CC(c2ccc(C(F)(F)F)cc2)CN(C(=O)N2CCOCC2)C1. The van der Waals surface area contributed by atoms with Crippen LogP contribution in [-0.2, 0) is 10.9 Å². The Bertz CT molecular complexity index is 705. The average Bonchev–Trinajstić information content (AvgIpc) is 2.67. The number of hydrogen-bond acceptors (Lipinski definition) is 3. The number of benzene rings is 1. The number of piperidine rings is 1. The van der Waals surface area contributed by atoms with E-state index >= 15 is 0 Å². The number of ether oxygens (including phenoxy) is 1. The lowest BCUT2D eigenvalue weighted by Gasteiger charge is -2.41. The minimum atomic E-state index is -4.42. The van der Waals surface area contributed by atoms with Gasteiger partial charge in [0.15, 0.2) is 0 Å². The number of nitrogens with one attached hydrogen (secondary N) is 1. The maximum atomic E-state index is 12.8. The van der Waals surface area contributed by atoms with Crippen molar-refractivity contribution in [2.45, 2.75) is 24.6 Å². The van der Waals surface area contributed by atoms with Crippen molar-refractivity contribution in [3.63, 3.8) is 0 Å². The zero-order valence-corrected chi connectivity index (χ0v) is 15.1. The van der Waals surface area contributed by atoms with Gasteiger partial charge in [-0.05, 0) is 24.1 Å². The molecular formula is C18H22F3N3O4. The number of hydrogen-bond donors (Lipinski definition) is 2. The Labute approximate surface area is 160 Å². The molecule has 0 spiro atoms. The molecule has 0 aliphatic carbocycles. The smallest absolute Gasteiger partial charge is 0.416 e. The van der Waals surface area contributed by atoms with Crippen LogP contribution in [0.4, 0.5) is 22.8 Å². The Hall–Kier alpha value is -2.49. The number of amides is 3. The van der Waals surface area contributed by atoms with Crippen LogP contribution in [0.25, 0.3) is 0 Å². The second-order valence-electron chi connectivity index (χ2n) is 6.99. The highest BCUT2D eigenvalue weighted by molar-refractivity contribution is 5.75. The van der Waals surface area contributed by atoms with Gasteiger partial charge < -0.3 is 25.0 Å². The van der Waals surface area contributed by atoms with E-state index in [1.807, 2.05) is 0 Å². The van der Waals surface area contributed by atoms with E-state index in [2.05, 4.69) is 5.32 Å². The van der Waals surface area contributed by atoms with E-state index in [-0.39, 0.29) is 18.5 Å². The van der Waals surface area contributed by atoms with Crippen molar-refractivity contribution in [2.24, 2.45) is 0 Å². The molecule has 2 aliphatic heterocycles. The predicted octanol–water partition coefficient (Wildman–Crippen LogP) is 2.58. The summed E-state index contributed by atoms with van der Waals surface area (Å²) < 4.78 is 43.6. The number of carbonyl (C=O) groups excluding carboxylic acids is 1. The molecule has 0 saturated carbocycles. The number of rotatable bonds is 2. The van der Waals surface area contributed by atoms with E-state index in [1.54, 1.807) is 9.80 Å². The van der Waals surface area contributed by atoms with Gasteiger partial charge in [0.25, 0.3) is 0 Å². The molecule has 2 unspecified atom stereocenters. The second-order valence-corrected chi connectivity index (χ2v) is 6.99. The van der Waals surface area contributed by atoms with E-state index in [4.69, 9.17) is 9.84 Å². The number of halogens is 3. The Kier molecular flexibility index (Phi) is 5.97. The molecule has 28 heavy (non-hydrogen) atoms. The van der Waals surface area contributed by atoms with Crippen LogP contribution in [0.3, 0.4) is 0 Å². The minimum absolute atomic E-state index is 0.211. The molecule has 3 rings (SSSR count). The van der Waals surface area contributed by atoms with Crippen molar-refractivity contribution < 1.29 is 32.6 Å². The molecule has 2 aliphatic rings. The molecule has 0 radical (unpaired) electrons. The van der Waals surface area contributed by atoms with Crippen LogP contribution < -0.4 is 5.32 Å². The summed E-state index contributed by atoms with van der Waals surface area (Å²) >= 11 is 0. The van der Waals surface area contributed by atoms with Crippen LogP contribution in [0.2, 0.25) is 0 Å². The fourth-order valence-corrected chi connectivity index (χ4v) is 3.67. The topological polar surface area (TPSA) is 82.1 Å². The Morgan fingerprint density at radius 2 is 1.71 bits per heavy atom. The van der Waals surface area contributed by atoms with Crippen LogP contribution in [0.1, 0.15) is 23.5 Å². The summed E-state index contributed by atoms with van der Waals surface area (Å²) in [6.07, 6.45) is -5.21. The molecule has 10 heteroatoms. The first-order valence-electron chi connectivity index (χ1n) is 9.02. The van der Waals surface area contributed by atoms with Crippen LogP contribution in [-0.4, -0.2) is 72.5 Å². The molecule has 2 N–H and O–H groups in total. The number of likely N-dealkylation sites (tertiary alicyclic amines) is 1. The number of morpholine rings is 1. The quantitative estimate of drug-likeness (QED) is 0.798. The number of urea groups is 1. The van der Waals surface area contributed by atoms with Crippen LogP contribution >= 0.6 is 0 Å². The molecule has 1 aromatic carbocycles.